The molecule has 0 heterocycles. The number of nitrogens with two attached hydrogens (primary N) is 4. The van der Waals surface area contributed by atoms with E-state index < -0.39 is 66.1 Å². The Hall–Kier alpha value is -4.04. The first-order valence-corrected chi connectivity index (χ1v) is 12.1. The van der Waals surface area contributed by atoms with Crippen molar-refractivity contribution >= 4 is 35.5 Å². The van der Waals surface area contributed by atoms with Gasteiger partial charge in [-0.15, -0.1) is 0 Å². The van der Waals surface area contributed by atoms with Crippen LogP contribution in [0.15, 0.2) is 30.3 Å². The summed E-state index contributed by atoms with van der Waals surface area (Å²) in [5, 5.41) is 16.9. The van der Waals surface area contributed by atoms with Crippen molar-refractivity contribution in [1.82, 2.24) is 16.0 Å². The van der Waals surface area contributed by atoms with Crippen molar-refractivity contribution in [3.63, 3.8) is 0 Å². The maximum Gasteiger partial charge on any atom is 0.326 e. The molecule has 4 unspecified atom stereocenters. The van der Waals surface area contributed by atoms with Crippen LogP contribution in [0.25, 0.3) is 0 Å². The summed E-state index contributed by atoms with van der Waals surface area (Å²) in [5.74, 6) is -5.26. The van der Waals surface area contributed by atoms with Crippen LogP contribution in [-0.4, -0.2) is 71.3 Å². The zero-order chi connectivity index (χ0) is 28.7. The van der Waals surface area contributed by atoms with Crippen molar-refractivity contribution in [2.75, 3.05) is 6.54 Å². The number of amides is 5. The molecule has 0 saturated carbocycles. The Morgan fingerprint density at radius 3 is 1.84 bits per heavy atom. The minimum atomic E-state index is -1.34. The Labute approximate surface area is 220 Å². The van der Waals surface area contributed by atoms with Crippen molar-refractivity contribution in [2.45, 2.75) is 69.1 Å². The second kappa shape index (κ2) is 16.7. The lowest BCUT2D eigenvalue weighted by Gasteiger charge is -2.25. The van der Waals surface area contributed by atoms with E-state index in [2.05, 4.69) is 16.0 Å². The van der Waals surface area contributed by atoms with Crippen molar-refractivity contribution < 1.29 is 33.9 Å². The van der Waals surface area contributed by atoms with E-state index in [1.165, 1.54) is 0 Å². The Kier molecular flexibility index (Phi) is 14.0. The molecule has 4 atom stereocenters. The minimum absolute atomic E-state index is 0.0143. The van der Waals surface area contributed by atoms with E-state index in [9.17, 15) is 33.9 Å². The van der Waals surface area contributed by atoms with Gasteiger partial charge in [-0.05, 0) is 37.8 Å². The van der Waals surface area contributed by atoms with E-state index in [1.807, 2.05) is 0 Å². The lowest BCUT2D eigenvalue weighted by atomic mass is 10.0. The van der Waals surface area contributed by atoms with E-state index in [0.29, 0.717) is 24.9 Å². The quantitative estimate of drug-likeness (QED) is 0.0912. The molecule has 0 aliphatic carbocycles. The average molecular weight is 536 g/mol. The number of hydrogen-bond donors (Lipinski definition) is 8. The molecule has 0 aliphatic rings. The molecule has 1 rings (SSSR count). The highest BCUT2D eigenvalue weighted by molar-refractivity contribution is 5.95. The number of nitrogens with one attached hydrogen (secondary N) is 3. The number of carbonyl (C=O) groups is 6. The fraction of sp³-hybridized carbons (Fsp3) is 0.500. The third kappa shape index (κ3) is 12.3. The smallest absolute Gasteiger partial charge is 0.326 e. The Balaban J connectivity index is 3.04. The topological polar surface area (TPSA) is 263 Å². The van der Waals surface area contributed by atoms with Gasteiger partial charge in [0.15, 0.2) is 0 Å². The van der Waals surface area contributed by atoms with Gasteiger partial charge >= 0.3 is 5.97 Å². The van der Waals surface area contributed by atoms with Crippen LogP contribution in [0.3, 0.4) is 0 Å². The number of hydrogen-bond acceptors (Lipinski definition) is 8. The molecule has 1 aromatic rings. The van der Waals surface area contributed by atoms with E-state index >= 15 is 0 Å². The monoisotopic (exact) mass is 535 g/mol. The van der Waals surface area contributed by atoms with Gasteiger partial charge in [0.25, 0.3) is 0 Å². The average Bonchev–Trinajstić information content (AvgIpc) is 2.85. The first-order valence-electron chi connectivity index (χ1n) is 12.1. The number of carboxylic acid groups (broad SMARTS) is 1. The first-order chi connectivity index (χ1) is 17.9. The molecule has 0 aliphatic heterocycles. The van der Waals surface area contributed by atoms with Crippen LogP contribution < -0.4 is 38.9 Å². The molecule has 12 N–H and O–H groups in total. The van der Waals surface area contributed by atoms with Gasteiger partial charge in [-0.2, -0.15) is 0 Å². The summed E-state index contributed by atoms with van der Waals surface area (Å²) in [6.45, 7) is 0.336. The van der Waals surface area contributed by atoms with Gasteiger partial charge in [-0.1, -0.05) is 30.3 Å². The Morgan fingerprint density at radius 2 is 1.32 bits per heavy atom. The molecule has 0 aromatic heterocycles. The van der Waals surface area contributed by atoms with Crippen LogP contribution in [0.5, 0.6) is 0 Å². The summed E-state index contributed by atoms with van der Waals surface area (Å²) in [4.78, 5) is 72.7. The summed E-state index contributed by atoms with van der Waals surface area (Å²) >= 11 is 0. The standard InChI is InChI=1S/C24H37N7O7/c25-11-5-4-8-16(22(35)31-18(24(37)38)12-14-6-2-1-3-7-14)30-23(36)17(9-10-19(27)32)29-21(34)15(26)13-20(28)33/h1-3,6-7,15-18H,4-5,8-13,25-26H2,(H2,27,32)(H2,28,33)(H,29,34)(H,30,36)(H,31,35)(H,37,38). The number of primary amides is 2. The summed E-state index contributed by atoms with van der Waals surface area (Å²) in [5.41, 5.74) is 22.1. The predicted octanol–water partition coefficient (Wildman–Crippen LogP) is -2.63. The SMILES string of the molecule is NCCCCC(NC(=O)C(CCC(N)=O)NC(=O)C(N)CC(N)=O)C(=O)NC(Cc1ccccc1)C(=O)O. The normalized spacial score (nSPS) is 13.8. The number of unbranched alkanes of at least 4 members (excludes halogenated alkanes) is 1. The van der Waals surface area contributed by atoms with Gasteiger partial charge in [0.2, 0.25) is 29.5 Å². The molecule has 210 valence electrons. The highest BCUT2D eigenvalue weighted by Crippen LogP contribution is 2.08. The molecule has 0 fully saturated rings. The molecule has 0 radical (unpaired) electrons. The molecule has 38 heavy (non-hydrogen) atoms. The van der Waals surface area contributed by atoms with E-state index in [0.717, 1.165) is 0 Å². The van der Waals surface area contributed by atoms with Gasteiger partial charge in [-0.25, -0.2) is 4.79 Å². The molecule has 14 heteroatoms. The van der Waals surface area contributed by atoms with Crippen molar-refractivity contribution in [2.24, 2.45) is 22.9 Å². The summed E-state index contributed by atoms with van der Waals surface area (Å²) in [6, 6.07) is 3.59. The predicted molar refractivity (Wildman–Crippen MR) is 137 cm³/mol. The molecule has 0 spiro atoms. The largest absolute Gasteiger partial charge is 0.480 e. The Bertz CT molecular complexity index is 974. The second-order valence-electron chi connectivity index (χ2n) is 8.78. The van der Waals surface area contributed by atoms with Gasteiger partial charge in [0.1, 0.15) is 18.1 Å². The van der Waals surface area contributed by atoms with Crippen LogP contribution in [0.2, 0.25) is 0 Å². The number of rotatable bonds is 18. The zero-order valence-corrected chi connectivity index (χ0v) is 21.1. The lowest BCUT2D eigenvalue weighted by Crippen LogP contribution is -2.57. The summed E-state index contributed by atoms with van der Waals surface area (Å²) < 4.78 is 0. The van der Waals surface area contributed by atoms with E-state index in [-0.39, 0.29) is 25.7 Å². The highest BCUT2D eigenvalue weighted by Gasteiger charge is 2.30. The van der Waals surface area contributed by atoms with Gasteiger partial charge in [0, 0.05) is 12.8 Å². The minimum Gasteiger partial charge on any atom is -0.480 e. The summed E-state index contributed by atoms with van der Waals surface area (Å²) in [6.07, 6.45) is 0.163. The van der Waals surface area contributed by atoms with Gasteiger partial charge in [-0.3, -0.25) is 24.0 Å². The fourth-order valence-corrected chi connectivity index (χ4v) is 3.50. The maximum atomic E-state index is 13.1. The summed E-state index contributed by atoms with van der Waals surface area (Å²) in [7, 11) is 0. The Morgan fingerprint density at radius 1 is 0.763 bits per heavy atom. The van der Waals surface area contributed by atoms with Gasteiger partial charge in [0.05, 0.1) is 12.5 Å². The van der Waals surface area contributed by atoms with Crippen LogP contribution in [0.1, 0.15) is 44.1 Å². The molecule has 0 bridgehead atoms. The van der Waals surface area contributed by atoms with Crippen LogP contribution >= 0.6 is 0 Å². The number of carbonyl (C=O) groups excluding carboxylic acids is 5. The van der Waals surface area contributed by atoms with E-state index in [1.54, 1.807) is 30.3 Å². The second-order valence-corrected chi connectivity index (χ2v) is 8.78. The number of benzene rings is 1. The van der Waals surface area contributed by atoms with Crippen molar-refractivity contribution in [3.8, 4) is 0 Å². The molecule has 0 saturated heterocycles. The molecule has 1 aromatic carbocycles. The van der Waals surface area contributed by atoms with Crippen molar-refractivity contribution in [3.05, 3.63) is 35.9 Å². The lowest BCUT2D eigenvalue weighted by molar-refractivity contribution is -0.142. The maximum absolute atomic E-state index is 13.1. The number of aliphatic carboxylic acids is 1. The third-order valence-corrected chi connectivity index (χ3v) is 5.55. The molecule has 5 amide bonds. The first kappa shape index (κ1) is 32.0. The molecular formula is C24H37N7O7. The third-order valence-electron chi connectivity index (χ3n) is 5.55. The van der Waals surface area contributed by atoms with Gasteiger partial charge < -0.3 is 44.0 Å². The van der Waals surface area contributed by atoms with Crippen LogP contribution in [0.4, 0.5) is 0 Å². The van der Waals surface area contributed by atoms with Crippen LogP contribution in [-0.2, 0) is 35.2 Å². The molecular weight excluding hydrogens is 498 g/mol. The van der Waals surface area contributed by atoms with E-state index in [4.69, 9.17) is 22.9 Å². The zero-order valence-electron chi connectivity index (χ0n) is 21.1. The van der Waals surface area contributed by atoms with Crippen molar-refractivity contribution in [1.29, 1.82) is 0 Å². The van der Waals surface area contributed by atoms with Crippen LogP contribution in [0, 0.1) is 0 Å². The fourth-order valence-electron chi connectivity index (χ4n) is 3.50. The highest BCUT2D eigenvalue weighted by atomic mass is 16.4. The molecule has 14 nitrogen and oxygen atoms in total. The number of carboxylic acids is 1.